The number of hydrazone groups is 1. The summed E-state index contributed by atoms with van der Waals surface area (Å²) in [6, 6.07) is 17.9. The molecule has 10 heteroatoms. The number of aromatic nitrogens is 2. The topological polar surface area (TPSA) is 106 Å². The van der Waals surface area contributed by atoms with Gasteiger partial charge >= 0.3 is 0 Å². The van der Waals surface area contributed by atoms with Gasteiger partial charge in [-0.3, -0.25) is 15.5 Å². The molecule has 0 saturated carbocycles. The number of nitro groups is 1. The number of hydrogen-bond acceptors (Lipinski definition) is 8. The predicted molar refractivity (Wildman–Crippen MR) is 130 cm³/mol. The van der Waals surface area contributed by atoms with Crippen molar-refractivity contribution in [2.24, 2.45) is 5.10 Å². The molecule has 0 aliphatic carbocycles. The Balaban J connectivity index is 1.39. The highest BCUT2D eigenvalue weighted by Crippen LogP contribution is 2.36. The van der Waals surface area contributed by atoms with Crippen LogP contribution in [0.25, 0.3) is 32.7 Å². The highest BCUT2D eigenvalue weighted by atomic mass is 35.5. The molecule has 3 aromatic heterocycles. The average Bonchev–Trinajstić information content (AvgIpc) is 3.48. The van der Waals surface area contributed by atoms with Crippen LogP contribution in [0.5, 0.6) is 0 Å². The van der Waals surface area contributed by atoms with E-state index in [9.17, 15) is 10.1 Å². The largest absolute Gasteiger partial charge is 0.455 e. The molecule has 0 unspecified atom stereocenters. The molecule has 3 heterocycles. The second-order valence-corrected chi connectivity index (χ2v) is 8.18. The van der Waals surface area contributed by atoms with E-state index < -0.39 is 4.92 Å². The van der Waals surface area contributed by atoms with Crippen molar-refractivity contribution in [3.8, 4) is 22.5 Å². The molecule has 0 fully saturated rings. The summed E-state index contributed by atoms with van der Waals surface area (Å²) in [5.41, 5.74) is 5.43. The van der Waals surface area contributed by atoms with Gasteiger partial charge in [0.15, 0.2) is 5.82 Å². The smallest absolute Gasteiger partial charge is 0.288 e. The zero-order valence-corrected chi connectivity index (χ0v) is 18.4. The lowest BCUT2D eigenvalue weighted by Gasteiger charge is -2.04. The highest BCUT2D eigenvalue weighted by molar-refractivity contribution is 7.17. The molecule has 5 aromatic rings. The van der Waals surface area contributed by atoms with Gasteiger partial charge < -0.3 is 4.42 Å². The molecule has 162 valence electrons. The van der Waals surface area contributed by atoms with Crippen LogP contribution < -0.4 is 5.43 Å². The number of furan rings is 1. The molecule has 33 heavy (non-hydrogen) atoms. The monoisotopic (exact) mass is 475 g/mol. The minimum absolute atomic E-state index is 0.0701. The summed E-state index contributed by atoms with van der Waals surface area (Å²) >= 11 is 7.42. The van der Waals surface area contributed by atoms with E-state index >= 15 is 0 Å². The Morgan fingerprint density at radius 1 is 1.09 bits per heavy atom. The van der Waals surface area contributed by atoms with Crippen LogP contribution in [0.15, 0.2) is 81.9 Å². The van der Waals surface area contributed by atoms with E-state index in [-0.39, 0.29) is 10.7 Å². The van der Waals surface area contributed by atoms with Gasteiger partial charge in [-0.2, -0.15) is 5.10 Å². The first-order valence-electron chi connectivity index (χ1n) is 9.71. The van der Waals surface area contributed by atoms with Crippen molar-refractivity contribution in [2.45, 2.75) is 0 Å². The number of nitro benzene ring substituents is 1. The molecule has 2 aromatic carbocycles. The minimum atomic E-state index is -0.530. The third-order valence-electron chi connectivity index (χ3n) is 4.87. The number of nitrogens with one attached hydrogen (secondary N) is 1. The van der Waals surface area contributed by atoms with Gasteiger partial charge in [0.25, 0.3) is 5.69 Å². The van der Waals surface area contributed by atoms with Crippen LogP contribution in [0.1, 0.15) is 5.76 Å². The van der Waals surface area contributed by atoms with E-state index in [1.54, 1.807) is 18.2 Å². The number of thiophene rings is 1. The average molecular weight is 476 g/mol. The summed E-state index contributed by atoms with van der Waals surface area (Å²) in [5.74, 6) is 1.51. The molecule has 5 rings (SSSR count). The summed E-state index contributed by atoms with van der Waals surface area (Å²) in [6.45, 7) is 0. The number of halogens is 1. The third kappa shape index (κ3) is 4.19. The Morgan fingerprint density at radius 2 is 1.94 bits per heavy atom. The van der Waals surface area contributed by atoms with Gasteiger partial charge in [0.1, 0.15) is 27.7 Å². The Hall–Kier alpha value is -4.08. The molecule has 0 spiro atoms. The number of fused-ring (bicyclic) bond motifs is 1. The van der Waals surface area contributed by atoms with Crippen molar-refractivity contribution in [2.75, 3.05) is 5.43 Å². The first-order valence-corrected chi connectivity index (χ1v) is 11.0. The maximum absolute atomic E-state index is 11.1. The second-order valence-electron chi connectivity index (χ2n) is 6.91. The van der Waals surface area contributed by atoms with E-state index in [2.05, 4.69) is 20.5 Å². The normalized spacial score (nSPS) is 11.3. The number of hydrogen-bond donors (Lipinski definition) is 1. The van der Waals surface area contributed by atoms with Crippen LogP contribution in [-0.4, -0.2) is 21.1 Å². The maximum atomic E-state index is 11.1. The van der Waals surface area contributed by atoms with Crippen LogP contribution in [0.3, 0.4) is 0 Å². The Labute approximate surface area is 196 Å². The van der Waals surface area contributed by atoms with Crippen molar-refractivity contribution < 1.29 is 9.34 Å². The van der Waals surface area contributed by atoms with Crippen molar-refractivity contribution in [3.63, 3.8) is 0 Å². The maximum Gasteiger partial charge on any atom is 0.288 e. The Bertz CT molecular complexity index is 1500. The molecule has 0 aliphatic heterocycles. The van der Waals surface area contributed by atoms with Gasteiger partial charge in [0, 0.05) is 22.6 Å². The summed E-state index contributed by atoms with van der Waals surface area (Å²) in [4.78, 5) is 20.2. The fraction of sp³-hybridized carbons (Fsp3) is 0. The summed E-state index contributed by atoms with van der Waals surface area (Å²) in [5, 5.41) is 18.4. The lowest BCUT2D eigenvalue weighted by Crippen LogP contribution is -1.95. The standard InChI is InChI=1S/C23H14ClN5O3S/c24-18-8-6-15(10-19(18)29(30)31)20-9-7-16(32-20)11-27-28-22-21-17(14-4-2-1-3-5-14)12-33-23(21)26-13-25-22/h1-13H,(H,25,26,28). The zero-order chi connectivity index (χ0) is 22.8. The fourth-order valence-electron chi connectivity index (χ4n) is 3.33. The van der Waals surface area contributed by atoms with Crippen LogP contribution >= 0.6 is 22.9 Å². The first kappa shape index (κ1) is 20.8. The van der Waals surface area contributed by atoms with Gasteiger partial charge in [-0.25, -0.2) is 9.97 Å². The molecule has 0 radical (unpaired) electrons. The Morgan fingerprint density at radius 3 is 2.76 bits per heavy atom. The number of benzene rings is 2. The third-order valence-corrected chi connectivity index (χ3v) is 6.08. The van der Waals surface area contributed by atoms with Crippen molar-refractivity contribution >= 4 is 50.9 Å². The van der Waals surface area contributed by atoms with Gasteiger partial charge in [-0.15, -0.1) is 11.3 Å². The molecule has 0 bridgehead atoms. The summed E-state index contributed by atoms with van der Waals surface area (Å²) < 4.78 is 5.76. The van der Waals surface area contributed by atoms with Crippen LogP contribution in [-0.2, 0) is 0 Å². The van der Waals surface area contributed by atoms with E-state index in [1.807, 2.05) is 35.7 Å². The SMILES string of the molecule is O=[N+]([O-])c1cc(-c2ccc(C=NNc3ncnc4scc(-c5ccccc5)c34)o2)ccc1Cl. The predicted octanol–water partition coefficient (Wildman–Crippen LogP) is 6.63. The zero-order valence-electron chi connectivity index (χ0n) is 16.8. The van der Waals surface area contributed by atoms with Crippen molar-refractivity contribution in [3.05, 3.63) is 93.3 Å². The molecular weight excluding hydrogens is 462 g/mol. The molecular formula is C23H14ClN5O3S. The first-order chi connectivity index (χ1) is 16.1. The number of nitrogens with zero attached hydrogens (tertiary/aromatic N) is 4. The molecule has 1 N–H and O–H groups in total. The minimum Gasteiger partial charge on any atom is -0.455 e. The number of anilines is 1. The van der Waals surface area contributed by atoms with Gasteiger partial charge in [-0.05, 0) is 29.8 Å². The van der Waals surface area contributed by atoms with E-state index in [4.69, 9.17) is 16.0 Å². The lowest BCUT2D eigenvalue weighted by molar-refractivity contribution is -0.384. The highest BCUT2D eigenvalue weighted by Gasteiger charge is 2.15. The van der Waals surface area contributed by atoms with Gasteiger partial charge in [-0.1, -0.05) is 41.9 Å². The van der Waals surface area contributed by atoms with Gasteiger partial charge in [0.2, 0.25) is 0 Å². The van der Waals surface area contributed by atoms with E-state index in [0.29, 0.717) is 22.9 Å². The van der Waals surface area contributed by atoms with Crippen LogP contribution in [0.4, 0.5) is 11.5 Å². The van der Waals surface area contributed by atoms with Crippen LogP contribution in [0.2, 0.25) is 5.02 Å². The summed E-state index contributed by atoms with van der Waals surface area (Å²) in [7, 11) is 0. The van der Waals surface area contributed by atoms with Crippen molar-refractivity contribution in [1.82, 2.24) is 9.97 Å². The van der Waals surface area contributed by atoms with E-state index in [0.717, 1.165) is 21.3 Å². The van der Waals surface area contributed by atoms with Crippen LogP contribution in [0, 0.1) is 10.1 Å². The molecule has 0 atom stereocenters. The summed E-state index contributed by atoms with van der Waals surface area (Å²) in [6.07, 6.45) is 3.00. The lowest BCUT2D eigenvalue weighted by atomic mass is 10.1. The molecule has 0 amide bonds. The van der Waals surface area contributed by atoms with E-state index in [1.165, 1.54) is 36.0 Å². The number of rotatable bonds is 6. The quantitative estimate of drug-likeness (QED) is 0.168. The second kappa shape index (κ2) is 8.81. The fourth-order valence-corrected chi connectivity index (χ4v) is 4.43. The molecule has 0 aliphatic rings. The van der Waals surface area contributed by atoms with Gasteiger partial charge in [0.05, 0.1) is 16.5 Å². The Kier molecular flexibility index (Phi) is 5.55. The molecule has 0 saturated heterocycles. The van der Waals surface area contributed by atoms with Crippen molar-refractivity contribution in [1.29, 1.82) is 0 Å². The molecule has 8 nitrogen and oxygen atoms in total.